The van der Waals surface area contributed by atoms with Crippen LogP contribution in [0, 0.1) is 0 Å². The Morgan fingerprint density at radius 1 is 1.50 bits per heavy atom. The van der Waals surface area contributed by atoms with Crippen molar-refractivity contribution in [3.63, 3.8) is 0 Å². The third-order valence-electron chi connectivity index (χ3n) is 3.24. The molecule has 0 saturated heterocycles. The summed E-state index contributed by atoms with van der Waals surface area (Å²) in [7, 11) is 0. The SMILES string of the molecule is CCN(c1cc(CNC(C)C)c(Cl)cn1)C1CC1. The van der Waals surface area contributed by atoms with Crippen LogP contribution in [0.3, 0.4) is 0 Å². The summed E-state index contributed by atoms with van der Waals surface area (Å²) in [6.07, 6.45) is 4.36. The molecule has 100 valence electrons. The van der Waals surface area contributed by atoms with Crippen molar-refractivity contribution in [1.82, 2.24) is 10.3 Å². The first-order valence-corrected chi connectivity index (χ1v) is 7.14. The zero-order valence-corrected chi connectivity index (χ0v) is 12.2. The second kappa shape index (κ2) is 5.89. The van der Waals surface area contributed by atoms with E-state index >= 15 is 0 Å². The molecule has 0 unspecified atom stereocenters. The van der Waals surface area contributed by atoms with Gasteiger partial charge in [-0.2, -0.15) is 0 Å². The Balaban J connectivity index is 2.14. The van der Waals surface area contributed by atoms with Crippen LogP contribution in [0.2, 0.25) is 5.02 Å². The number of halogens is 1. The highest BCUT2D eigenvalue weighted by Crippen LogP contribution is 2.31. The van der Waals surface area contributed by atoms with Crippen molar-refractivity contribution in [2.24, 2.45) is 0 Å². The monoisotopic (exact) mass is 267 g/mol. The molecule has 1 aliphatic carbocycles. The summed E-state index contributed by atoms with van der Waals surface area (Å²) in [4.78, 5) is 6.83. The molecule has 0 aliphatic heterocycles. The Morgan fingerprint density at radius 2 is 2.22 bits per heavy atom. The largest absolute Gasteiger partial charge is 0.354 e. The van der Waals surface area contributed by atoms with Gasteiger partial charge in [0.2, 0.25) is 0 Å². The van der Waals surface area contributed by atoms with Crippen LogP contribution in [-0.2, 0) is 6.54 Å². The van der Waals surface area contributed by atoms with Gasteiger partial charge in [-0.05, 0) is 31.4 Å². The van der Waals surface area contributed by atoms with E-state index in [2.05, 4.69) is 42.0 Å². The first-order chi connectivity index (χ1) is 8.61. The van der Waals surface area contributed by atoms with E-state index in [1.165, 1.54) is 12.8 Å². The van der Waals surface area contributed by atoms with E-state index in [0.29, 0.717) is 12.1 Å². The summed E-state index contributed by atoms with van der Waals surface area (Å²) < 4.78 is 0. The fourth-order valence-corrected chi connectivity index (χ4v) is 2.24. The summed E-state index contributed by atoms with van der Waals surface area (Å²) >= 11 is 6.20. The number of aromatic nitrogens is 1. The molecule has 2 rings (SSSR count). The summed E-state index contributed by atoms with van der Waals surface area (Å²) in [5, 5.41) is 4.15. The van der Waals surface area contributed by atoms with Crippen molar-refractivity contribution >= 4 is 17.4 Å². The molecule has 1 N–H and O–H groups in total. The van der Waals surface area contributed by atoms with Gasteiger partial charge < -0.3 is 10.2 Å². The number of hydrogen-bond donors (Lipinski definition) is 1. The van der Waals surface area contributed by atoms with E-state index in [-0.39, 0.29) is 0 Å². The predicted molar refractivity (Wildman–Crippen MR) is 77.3 cm³/mol. The highest BCUT2D eigenvalue weighted by atomic mass is 35.5. The van der Waals surface area contributed by atoms with Crippen LogP contribution in [0.4, 0.5) is 5.82 Å². The lowest BCUT2D eigenvalue weighted by Crippen LogP contribution is -2.27. The third-order valence-corrected chi connectivity index (χ3v) is 3.58. The molecule has 1 aliphatic rings. The van der Waals surface area contributed by atoms with E-state index in [1.54, 1.807) is 6.20 Å². The molecule has 3 nitrogen and oxygen atoms in total. The average Bonchev–Trinajstić information content (AvgIpc) is 3.14. The molecule has 0 aromatic carbocycles. The fourth-order valence-electron chi connectivity index (χ4n) is 2.07. The van der Waals surface area contributed by atoms with Crippen LogP contribution < -0.4 is 10.2 Å². The molecule has 0 bridgehead atoms. The van der Waals surface area contributed by atoms with Gasteiger partial charge in [0.25, 0.3) is 0 Å². The van der Waals surface area contributed by atoms with Gasteiger partial charge in [0, 0.05) is 31.4 Å². The van der Waals surface area contributed by atoms with Gasteiger partial charge >= 0.3 is 0 Å². The van der Waals surface area contributed by atoms with Crippen LogP contribution in [0.5, 0.6) is 0 Å². The summed E-state index contributed by atoms with van der Waals surface area (Å²) in [6, 6.07) is 3.28. The second-order valence-electron chi connectivity index (χ2n) is 5.19. The standard InChI is InChI=1S/C14H22ClN3/c1-4-18(12-5-6-12)14-7-11(8-16-10(2)3)13(15)9-17-14/h7,9-10,12,16H,4-6,8H2,1-3H3. The highest BCUT2D eigenvalue weighted by Gasteiger charge is 2.29. The lowest BCUT2D eigenvalue weighted by Gasteiger charge is -2.22. The Kier molecular flexibility index (Phi) is 4.46. The van der Waals surface area contributed by atoms with Gasteiger partial charge in [0.1, 0.15) is 5.82 Å². The third kappa shape index (κ3) is 3.36. The predicted octanol–water partition coefficient (Wildman–Crippen LogP) is 3.22. The van der Waals surface area contributed by atoms with Crippen LogP contribution in [-0.4, -0.2) is 23.6 Å². The Labute approximate surface area is 115 Å². The van der Waals surface area contributed by atoms with Crippen molar-refractivity contribution in [2.45, 2.75) is 52.2 Å². The zero-order chi connectivity index (χ0) is 13.1. The maximum atomic E-state index is 6.20. The van der Waals surface area contributed by atoms with E-state index < -0.39 is 0 Å². The zero-order valence-electron chi connectivity index (χ0n) is 11.4. The number of hydrogen-bond acceptors (Lipinski definition) is 3. The topological polar surface area (TPSA) is 28.2 Å². The van der Waals surface area contributed by atoms with Gasteiger partial charge in [0.05, 0.1) is 5.02 Å². The smallest absolute Gasteiger partial charge is 0.129 e. The number of nitrogens with one attached hydrogen (secondary N) is 1. The van der Waals surface area contributed by atoms with Gasteiger partial charge in [-0.3, -0.25) is 0 Å². The maximum Gasteiger partial charge on any atom is 0.129 e. The highest BCUT2D eigenvalue weighted by molar-refractivity contribution is 6.31. The molecule has 1 aromatic rings. The van der Waals surface area contributed by atoms with E-state index in [4.69, 9.17) is 11.6 Å². The number of rotatable bonds is 6. The molecule has 0 spiro atoms. The van der Waals surface area contributed by atoms with Gasteiger partial charge in [-0.15, -0.1) is 0 Å². The van der Waals surface area contributed by atoms with Crippen LogP contribution in [0.25, 0.3) is 0 Å². The van der Waals surface area contributed by atoms with E-state index in [0.717, 1.165) is 29.5 Å². The summed E-state index contributed by atoms with van der Waals surface area (Å²) in [5.41, 5.74) is 1.13. The lowest BCUT2D eigenvalue weighted by molar-refractivity contribution is 0.588. The molecule has 1 aromatic heterocycles. The Hall–Kier alpha value is -0.800. The van der Waals surface area contributed by atoms with Crippen LogP contribution in [0.15, 0.2) is 12.3 Å². The second-order valence-corrected chi connectivity index (χ2v) is 5.59. The normalized spacial score (nSPS) is 15.2. The average molecular weight is 268 g/mol. The molecule has 0 atom stereocenters. The Bertz CT molecular complexity index is 402. The Morgan fingerprint density at radius 3 is 2.78 bits per heavy atom. The summed E-state index contributed by atoms with van der Waals surface area (Å²) in [6.45, 7) is 8.27. The van der Waals surface area contributed by atoms with Crippen molar-refractivity contribution in [3.8, 4) is 0 Å². The van der Waals surface area contributed by atoms with Gasteiger partial charge in [-0.25, -0.2) is 4.98 Å². The molecule has 0 radical (unpaired) electrons. The molecule has 1 fully saturated rings. The molecular formula is C14H22ClN3. The molecule has 1 saturated carbocycles. The summed E-state index contributed by atoms with van der Waals surface area (Å²) in [5.74, 6) is 1.06. The maximum absolute atomic E-state index is 6.20. The minimum atomic E-state index is 0.461. The minimum Gasteiger partial charge on any atom is -0.354 e. The van der Waals surface area contributed by atoms with Crippen molar-refractivity contribution in [2.75, 3.05) is 11.4 Å². The quantitative estimate of drug-likeness (QED) is 0.858. The minimum absolute atomic E-state index is 0.461. The van der Waals surface area contributed by atoms with Crippen molar-refractivity contribution in [3.05, 3.63) is 22.8 Å². The number of anilines is 1. The van der Waals surface area contributed by atoms with E-state index in [9.17, 15) is 0 Å². The number of pyridine rings is 1. The van der Waals surface area contributed by atoms with Gasteiger partial charge in [0.15, 0.2) is 0 Å². The van der Waals surface area contributed by atoms with Crippen molar-refractivity contribution in [1.29, 1.82) is 0 Å². The molecular weight excluding hydrogens is 246 g/mol. The van der Waals surface area contributed by atoms with Crippen LogP contribution >= 0.6 is 11.6 Å². The molecule has 4 heteroatoms. The fraction of sp³-hybridized carbons (Fsp3) is 0.643. The lowest BCUT2D eigenvalue weighted by atomic mass is 10.2. The number of nitrogens with zero attached hydrogens (tertiary/aromatic N) is 2. The van der Waals surface area contributed by atoms with Gasteiger partial charge in [-0.1, -0.05) is 25.4 Å². The van der Waals surface area contributed by atoms with Crippen LogP contribution in [0.1, 0.15) is 39.2 Å². The van der Waals surface area contributed by atoms with E-state index in [1.807, 2.05) is 0 Å². The molecule has 0 amide bonds. The molecule has 1 heterocycles. The first-order valence-electron chi connectivity index (χ1n) is 6.76. The van der Waals surface area contributed by atoms with Crippen molar-refractivity contribution < 1.29 is 0 Å². The molecule has 18 heavy (non-hydrogen) atoms. The first kappa shape index (κ1) is 13.6.